The summed E-state index contributed by atoms with van der Waals surface area (Å²) in [6.07, 6.45) is -5.93. The smallest absolute Gasteiger partial charge is 0.338 e. The van der Waals surface area contributed by atoms with Crippen molar-refractivity contribution in [2.75, 3.05) is 0 Å². The third kappa shape index (κ3) is 3.92. The molecule has 9 heteroatoms. The number of fused-ring (bicyclic) bond motifs is 1. The highest BCUT2D eigenvalue weighted by molar-refractivity contribution is 9.10. The zero-order valence-electron chi connectivity index (χ0n) is 12.7. The normalized spacial score (nSPS) is 13.0. The van der Waals surface area contributed by atoms with E-state index in [2.05, 4.69) is 25.9 Å². The average Bonchev–Trinajstić information content (AvgIpc) is 2.92. The summed E-state index contributed by atoms with van der Waals surface area (Å²) in [5.41, 5.74) is -0.560. The lowest BCUT2D eigenvalue weighted by molar-refractivity contribution is -0.138. The van der Waals surface area contributed by atoms with E-state index in [0.717, 1.165) is 18.2 Å². The van der Waals surface area contributed by atoms with Gasteiger partial charge in [0.25, 0.3) is 0 Å². The molecular formula is C17H9BrF6N2. The standard InChI is InChI=1S/C17H9BrF6N2/c18-12-8-14-13(7-11(12)17(22,23)24)25-15(26-14)6-3-9-1-4-10(5-2-9)16(19,20)21/h1-8H,(H,25,26)/b6-3+. The second-order valence-corrected chi connectivity index (χ2v) is 6.28. The van der Waals surface area contributed by atoms with E-state index < -0.39 is 23.5 Å². The molecule has 0 bridgehead atoms. The van der Waals surface area contributed by atoms with Crippen LogP contribution in [0.4, 0.5) is 26.3 Å². The number of aromatic amines is 1. The first-order valence-corrected chi connectivity index (χ1v) is 7.95. The van der Waals surface area contributed by atoms with Crippen LogP contribution in [0.25, 0.3) is 23.2 Å². The van der Waals surface area contributed by atoms with Gasteiger partial charge >= 0.3 is 12.4 Å². The number of hydrogen-bond acceptors (Lipinski definition) is 1. The van der Waals surface area contributed by atoms with E-state index in [4.69, 9.17) is 0 Å². The van der Waals surface area contributed by atoms with Crippen molar-refractivity contribution in [3.05, 3.63) is 63.4 Å². The number of aromatic nitrogens is 2. The fourth-order valence-electron chi connectivity index (χ4n) is 2.31. The molecule has 0 saturated carbocycles. The van der Waals surface area contributed by atoms with Gasteiger partial charge in [-0.05, 0) is 35.9 Å². The third-order valence-corrected chi connectivity index (χ3v) is 4.22. The topological polar surface area (TPSA) is 28.7 Å². The Morgan fingerprint density at radius 3 is 2.12 bits per heavy atom. The van der Waals surface area contributed by atoms with Gasteiger partial charge in [-0.15, -0.1) is 0 Å². The minimum absolute atomic E-state index is 0.123. The number of rotatable bonds is 2. The third-order valence-electron chi connectivity index (χ3n) is 3.57. The van der Waals surface area contributed by atoms with Gasteiger partial charge in [-0.1, -0.05) is 34.1 Å². The quantitative estimate of drug-likeness (QED) is 0.456. The molecule has 0 atom stereocenters. The van der Waals surface area contributed by atoms with Gasteiger partial charge in [0, 0.05) is 4.47 Å². The van der Waals surface area contributed by atoms with Gasteiger partial charge < -0.3 is 4.98 Å². The summed E-state index contributed by atoms with van der Waals surface area (Å²) in [6.45, 7) is 0. The molecule has 0 fully saturated rings. The van der Waals surface area contributed by atoms with Gasteiger partial charge in [0.15, 0.2) is 0 Å². The zero-order chi connectivity index (χ0) is 19.1. The van der Waals surface area contributed by atoms with Crippen LogP contribution in [0.2, 0.25) is 0 Å². The molecule has 1 N–H and O–H groups in total. The molecule has 2 aromatic carbocycles. The Hall–Kier alpha value is -2.29. The molecule has 0 saturated heterocycles. The van der Waals surface area contributed by atoms with Crippen LogP contribution in [0.1, 0.15) is 22.5 Å². The van der Waals surface area contributed by atoms with Crippen LogP contribution in [-0.2, 0) is 12.4 Å². The van der Waals surface area contributed by atoms with Crippen LogP contribution < -0.4 is 0 Å². The van der Waals surface area contributed by atoms with Crippen molar-refractivity contribution < 1.29 is 26.3 Å². The largest absolute Gasteiger partial charge is 0.417 e. The van der Waals surface area contributed by atoms with E-state index in [9.17, 15) is 26.3 Å². The van der Waals surface area contributed by atoms with E-state index in [1.54, 1.807) is 0 Å². The van der Waals surface area contributed by atoms with Crippen molar-refractivity contribution in [2.24, 2.45) is 0 Å². The molecule has 1 heterocycles. The van der Waals surface area contributed by atoms with Gasteiger partial charge in [0.1, 0.15) is 5.82 Å². The van der Waals surface area contributed by atoms with Crippen LogP contribution in [0.3, 0.4) is 0 Å². The number of halogens is 7. The summed E-state index contributed by atoms with van der Waals surface area (Å²) in [7, 11) is 0. The van der Waals surface area contributed by atoms with Gasteiger partial charge in [-0.2, -0.15) is 26.3 Å². The van der Waals surface area contributed by atoms with Crippen LogP contribution in [0.5, 0.6) is 0 Å². The van der Waals surface area contributed by atoms with Gasteiger partial charge in [0.05, 0.1) is 22.2 Å². The van der Waals surface area contributed by atoms with E-state index in [1.807, 2.05) is 0 Å². The van der Waals surface area contributed by atoms with Crippen molar-refractivity contribution in [2.45, 2.75) is 12.4 Å². The highest BCUT2D eigenvalue weighted by atomic mass is 79.9. The van der Waals surface area contributed by atoms with Crippen molar-refractivity contribution in [1.82, 2.24) is 9.97 Å². The molecular weight excluding hydrogens is 426 g/mol. The second-order valence-electron chi connectivity index (χ2n) is 5.42. The highest BCUT2D eigenvalue weighted by Crippen LogP contribution is 2.37. The molecule has 0 unspecified atom stereocenters. The fourth-order valence-corrected chi connectivity index (χ4v) is 2.86. The van der Waals surface area contributed by atoms with Gasteiger partial charge in [-0.3, -0.25) is 0 Å². The number of nitrogens with one attached hydrogen (secondary N) is 1. The average molecular weight is 435 g/mol. The molecule has 0 aliphatic rings. The molecule has 136 valence electrons. The maximum atomic E-state index is 12.9. The molecule has 3 aromatic rings. The van der Waals surface area contributed by atoms with Crippen LogP contribution >= 0.6 is 15.9 Å². The summed E-state index contributed by atoms with van der Waals surface area (Å²) < 4.78 is 76.2. The monoisotopic (exact) mass is 434 g/mol. The summed E-state index contributed by atoms with van der Waals surface area (Å²) in [5, 5.41) is 0. The van der Waals surface area contributed by atoms with Crippen molar-refractivity contribution in [1.29, 1.82) is 0 Å². The summed E-state index contributed by atoms with van der Waals surface area (Å²) >= 11 is 2.88. The first-order valence-electron chi connectivity index (χ1n) is 7.16. The Bertz CT molecular complexity index is 968. The van der Waals surface area contributed by atoms with Crippen LogP contribution in [0.15, 0.2) is 40.9 Å². The van der Waals surface area contributed by atoms with Crippen molar-refractivity contribution in [3.63, 3.8) is 0 Å². The summed E-state index contributed by atoms with van der Waals surface area (Å²) in [5.74, 6) is 0.283. The van der Waals surface area contributed by atoms with E-state index in [1.165, 1.54) is 30.4 Å². The maximum absolute atomic E-state index is 12.9. The van der Waals surface area contributed by atoms with Gasteiger partial charge in [0.2, 0.25) is 0 Å². The van der Waals surface area contributed by atoms with E-state index in [-0.39, 0.29) is 15.8 Å². The number of nitrogens with zero attached hydrogens (tertiary/aromatic N) is 1. The zero-order valence-corrected chi connectivity index (χ0v) is 14.3. The highest BCUT2D eigenvalue weighted by Gasteiger charge is 2.33. The summed E-state index contributed by atoms with van der Waals surface area (Å²) in [4.78, 5) is 6.89. The Kier molecular flexibility index (Phi) is 4.60. The Morgan fingerprint density at radius 1 is 0.885 bits per heavy atom. The number of benzene rings is 2. The predicted octanol–water partition coefficient (Wildman–Crippen LogP) is 6.53. The van der Waals surface area contributed by atoms with Crippen molar-refractivity contribution >= 4 is 39.1 Å². The number of H-pyrrole nitrogens is 1. The number of hydrogen-bond donors (Lipinski definition) is 1. The molecule has 0 aliphatic heterocycles. The van der Waals surface area contributed by atoms with E-state index in [0.29, 0.717) is 11.1 Å². The van der Waals surface area contributed by atoms with E-state index >= 15 is 0 Å². The number of imidazole rings is 1. The number of alkyl halides is 6. The summed E-state index contributed by atoms with van der Waals surface area (Å²) in [6, 6.07) is 6.68. The van der Waals surface area contributed by atoms with Gasteiger partial charge in [-0.25, -0.2) is 4.98 Å². The van der Waals surface area contributed by atoms with Crippen molar-refractivity contribution in [3.8, 4) is 0 Å². The Labute approximate surface area is 151 Å². The lowest BCUT2D eigenvalue weighted by atomic mass is 10.1. The Morgan fingerprint density at radius 2 is 1.54 bits per heavy atom. The minimum atomic E-state index is -4.51. The SMILES string of the molecule is FC(F)(F)c1ccc(/C=C/c2nc3cc(Br)c(C(F)(F)F)cc3[nH]2)cc1. The molecule has 0 aliphatic carbocycles. The first kappa shape index (κ1) is 18.5. The maximum Gasteiger partial charge on any atom is 0.417 e. The fraction of sp³-hybridized carbons (Fsp3) is 0.118. The second kappa shape index (κ2) is 6.46. The molecule has 3 rings (SSSR count). The van der Waals surface area contributed by atoms with Crippen LogP contribution in [0, 0.1) is 0 Å². The molecule has 0 amide bonds. The molecule has 26 heavy (non-hydrogen) atoms. The first-order chi connectivity index (χ1) is 12.0. The Balaban J connectivity index is 1.88. The predicted molar refractivity (Wildman–Crippen MR) is 89.2 cm³/mol. The molecule has 1 aromatic heterocycles. The van der Waals surface area contributed by atoms with Crippen LogP contribution in [-0.4, -0.2) is 9.97 Å². The molecule has 0 radical (unpaired) electrons. The molecule has 2 nitrogen and oxygen atoms in total. The minimum Gasteiger partial charge on any atom is -0.338 e. The lowest BCUT2D eigenvalue weighted by Gasteiger charge is -2.08. The lowest BCUT2D eigenvalue weighted by Crippen LogP contribution is -2.05. The molecule has 0 spiro atoms.